The van der Waals surface area contributed by atoms with Crippen molar-refractivity contribution in [2.45, 2.75) is 33.3 Å². The molecule has 112 valence electrons. The second kappa shape index (κ2) is 9.29. The van der Waals surface area contributed by atoms with Crippen LogP contribution < -0.4 is 5.32 Å². The number of aliphatic hydroxyl groups excluding tert-OH is 2. The van der Waals surface area contributed by atoms with E-state index in [1.807, 2.05) is 0 Å². The molecule has 19 heavy (non-hydrogen) atoms. The van der Waals surface area contributed by atoms with Crippen LogP contribution in [0.1, 0.15) is 27.2 Å². The molecule has 0 bridgehead atoms. The Morgan fingerprint density at radius 1 is 1.21 bits per heavy atom. The molecule has 0 aromatic carbocycles. The van der Waals surface area contributed by atoms with Gasteiger partial charge in [-0.1, -0.05) is 13.8 Å². The Balaban J connectivity index is 0. The minimum atomic E-state index is -1.35. The molecule has 0 aromatic heterocycles. The van der Waals surface area contributed by atoms with Crippen LogP contribution >= 0.6 is 0 Å². The number of amides is 1. The monoisotopic (exact) mass is 279 g/mol. The van der Waals surface area contributed by atoms with Crippen LogP contribution in [-0.2, 0) is 14.4 Å². The summed E-state index contributed by atoms with van der Waals surface area (Å²) >= 11 is 0. The molecule has 0 rings (SSSR count). The quantitative estimate of drug-likeness (QED) is 0.421. The van der Waals surface area contributed by atoms with E-state index < -0.39 is 29.4 Å². The maximum atomic E-state index is 11.3. The summed E-state index contributed by atoms with van der Waals surface area (Å²) in [6.45, 7) is 3.79. The van der Waals surface area contributed by atoms with Crippen LogP contribution in [0.3, 0.4) is 0 Å². The number of hydrogen-bond donors (Lipinski definition) is 5. The van der Waals surface area contributed by atoms with Crippen LogP contribution in [0, 0.1) is 5.41 Å². The molecular weight excluding hydrogens is 258 g/mol. The molecule has 0 aromatic rings. The number of hydrogen-bond acceptors (Lipinski definition) is 5. The smallest absolute Gasteiger partial charge is 0.305 e. The molecule has 0 heterocycles. The van der Waals surface area contributed by atoms with Gasteiger partial charge in [-0.2, -0.15) is 0 Å². The van der Waals surface area contributed by atoms with Gasteiger partial charge in [0.2, 0.25) is 5.91 Å². The number of carboxylic acids is 2. The lowest BCUT2D eigenvalue weighted by Crippen LogP contribution is -2.45. The summed E-state index contributed by atoms with van der Waals surface area (Å²) in [4.78, 5) is 30.4. The molecule has 1 atom stereocenters. The summed E-state index contributed by atoms with van der Waals surface area (Å²) in [5.41, 5.74) is -0.937. The molecule has 8 nitrogen and oxygen atoms in total. The second-order valence-electron chi connectivity index (χ2n) is 4.50. The van der Waals surface area contributed by atoms with E-state index in [1.54, 1.807) is 0 Å². The number of aliphatic carboxylic acids is 2. The fraction of sp³-hybridized carbons (Fsp3) is 0.727. The van der Waals surface area contributed by atoms with Gasteiger partial charge in [0.25, 0.3) is 5.97 Å². The Hall–Kier alpha value is -1.67. The SMILES string of the molecule is CC(=O)O.CC(C)(CO)C(O)C(=O)NCCC(=O)O. The number of carbonyl (C=O) groups is 3. The maximum absolute atomic E-state index is 11.3. The highest BCUT2D eigenvalue weighted by atomic mass is 16.4. The molecule has 0 saturated heterocycles. The molecular formula is C11H21NO7. The third kappa shape index (κ3) is 11.2. The van der Waals surface area contributed by atoms with Crippen molar-refractivity contribution in [2.24, 2.45) is 5.41 Å². The van der Waals surface area contributed by atoms with Crippen molar-refractivity contribution in [3.8, 4) is 0 Å². The van der Waals surface area contributed by atoms with Crippen LogP contribution in [0.5, 0.6) is 0 Å². The summed E-state index contributed by atoms with van der Waals surface area (Å²) < 4.78 is 0. The van der Waals surface area contributed by atoms with E-state index in [4.69, 9.17) is 20.1 Å². The second-order valence-corrected chi connectivity index (χ2v) is 4.50. The van der Waals surface area contributed by atoms with Crippen molar-refractivity contribution >= 4 is 17.8 Å². The summed E-state index contributed by atoms with van der Waals surface area (Å²) in [6.07, 6.45) is -1.55. The molecule has 0 aliphatic rings. The van der Waals surface area contributed by atoms with E-state index in [1.165, 1.54) is 13.8 Å². The van der Waals surface area contributed by atoms with Gasteiger partial charge in [0.15, 0.2) is 0 Å². The zero-order chi connectivity index (χ0) is 15.6. The van der Waals surface area contributed by atoms with Gasteiger partial charge in [-0.25, -0.2) is 0 Å². The molecule has 0 aliphatic heterocycles. The Bertz CT molecular complexity index is 310. The van der Waals surface area contributed by atoms with Crippen LogP contribution in [-0.4, -0.2) is 57.5 Å². The predicted molar refractivity (Wildman–Crippen MR) is 65.4 cm³/mol. The molecule has 5 N–H and O–H groups in total. The number of nitrogens with one attached hydrogen (secondary N) is 1. The van der Waals surface area contributed by atoms with Crippen LogP contribution in [0.2, 0.25) is 0 Å². The van der Waals surface area contributed by atoms with Gasteiger partial charge < -0.3 is 25.7 Å². The van der Waals surface area contributed by atoms with E-state index in [2.05, 4.69) is 5.32 Å². The standard InChI is InChI=1S/C9H17NO5.C2H4O2/c1-9(2,5-11)7(14)8(15)10-4-3-6(12)13;1-2(3)4/h7,11,14H,3-5H2,1-2H3,(H,10,15)(H,12,13);1H3,(H,3,4). The van der Waals surface area contributed by atoms with E-state index in [9.17, 15) is 14.7 Å². The topological polar surface area (TPSA) is 144 Å². The average Bonchev–Trinajstić information content (AvgIpc) is 2.26. The maximum Gasteiger partial charge on any atom is 0.305 e. The summed E-state index contributed by atoms with van der Waals surface area (Å²) in [5, 5.41) is 36.4. The van der Waals surface area contributed by atoms with Crippen molar-refractivity contribution in [1.29, 1.82) is 0 Å². The van der Waals surface area contributed by atoms with Crippen molar-refractivity contribution in [3.05, 3.63) is 0 Å². The van der Waals surface area contributed by atoms with E-state index >= 15 is 0 Å². The Morgan fingerprint density at radius 2 is 1.63 bits per heavy atom. The lowest BCUT2D eigenvalue weighted by atomic mass is 9.87. The van der Waals surface area contributed by atoms with Crippen LogP contribution in [0.4, 0.5) is 0 Å². The summed E-state index contributed by atoms with van der Waals surface area (Å²) in [7, 11) is 0. The predicted octanol–water partition coefficient (Wildman–Crippen LogP) is -0.952. The van der Waals surface area contributed by atoms with Gasteiger partial charge in [0.05, 0.1) is 13.0 Å². The van der Waals surface area contributed by atoms with Gasteiger partial charge in [-0.05, 0) is 0 Å². The van der Waals surface area contributed by atoms with Crippen molar-refractivity contribution < 1.29 is 34.8 Å². The minimum absolute atomic E-state index is 0.0350. The highest BCUT2D eigenvalue weighted by molar-refractivity contribution is 5.81. The largest absolute Gasteiger partial charge is 0.481 e. The zero-order valence-corrected chi connectivity index (χ0v) is 11.2. The first kappa shape index (κ1) is 19.7. The first-order valence-electron chi connectivity index (χ1n) is 5.52. The Morgan fingerprint density at radius 3 is 1.95 bits per heavy atom. The van der Waals surface area contributed by atoms with Gasteiger partial charge in [-0.15, -0.1) is 0 Å². The van der Waals surface area contributed by atoms with Gasteiger partial charge in [0, 0.05) is 18.9 Å². The first-order valence-corrected chi connectivity index (χ1v) is 5.52. The first-order chi connectivity index (χ1) is 8.54. The number of rotatable bonds is 6. The lowest BCUT2D eigenvalue weighted by molar-refractivity contribution is -0.139. The Kier molecular flexibility index (Phi) is 9.61. The fourth-order valence-corrected chi connectivity index (χ4v) is 0.831. The third-order valence-corrected chi connectivity index (χ3v) is 2.03. The van der Waals surface area contributed by atoms with Crippen LogP contribution in [0.25, 0.3) is 0 Å². The number of carboxylic acid groups (broad SMARTS) is 2. The highest BCUT2D eigenvalue weighted by Crippen LogP contribution is 2.19. The molecule has 8 heteroatoms. The molecule has 1 unspecified atom stereocenters. The van der Waals surface area contributed by atoms with Crippen molar-refractivity contribution in [2.75, 3.05) is 13.2 Å². The third-order valence-electron chi connectivity index (χ3n) is 2.03. The molecule has 0 saturated carbocycles. The molecule has 0 radical (unpaired) electrons. The number of carbonyl (C=O) groups excluding carboxylic acids is 1. The fourth-order valence-electron chi connectivity index (χ4n) is 0.831. The number of aliphatic hydroxyl groups is 2. The van der Waals surface area contributed by atoms with Crippen LogP contribution in [0.15, 0.2) is 0 Å². The molecule has 0 fully saturated rings. The van der Waals surface area contributed by atoms with E-state index in [-0.39, 0.29) is 19.6 Å². The van der Waals surface area contributed by atoms with Gasteiger partial charge in [0.1, 0.15) is 6.10 Å². The van der Waals surface area contributed by atoms with Gasteiger partial charge >= 0.3 is 5.97 Å². The highest BCUT2D eigenvalue weighted by Gasteiger charge is 2.32. The van der Waals surface area contributed by atoms with E-state index in [0.717, 1.165) is 6.92 Å². The minimum Gasteiger partial charge on any atom is -0.481 e. The lowest BCUT2D eigenvalue weighted by Gasteiger charge is -2.26. The van der Waals surface area contributed by atoms with Crippen molar-refractivity contribution in [1.82, 2.24) is 5.32 Å². The average molecular weight is 279 g/mol. The molecule has 0 aliphatic carbocycles. The zero-order valence-electron chi connectivity index (χ0n) is 11.2. The van der Waals surface area contributed by atoms with E-state index in [0.29, 0.717) is 0 Å². The summed E-state index contributed by atoms with van der Waals surface area (Å²) in [6, 6.07) is 0. The molecule has 1 amide bonds. The Labute approximate surface area is 111 Å². The summed E-state index contributed by atoms with van der Waals surface area (Å²) in [5.74, 6) is -2.53. The normalized spacial score (nSPS) is 11.8. The van der Waals surface area contributed by atoms with Crippen molar-refractivity contribution in [3.63, 3.8) is 0 Å². The molecule has 0 spiro atoms. The van der Waals surface area contributed by atoms with Gasteiger partial charge in [-0.3, -0.25) is 14.4 Å².